The average molecular weight is 275 g/mol. The number of nitrogens with one attached hydrogen (secondary N) is 1. The Morgan fingerprint density at radius 2 is 2.05 bits per heavy atom. The van der Waals surface area contributed by atoms with Crippen molar-refractivity contribution in [3.05, 3.63) is 29.8 Å². The van der Waals surface area contributed by atoms with Crippen LogP contribution in [-0.2, 0) is 4.79 Å². The van der Waals surface area contributed by atoms with E-state index in [2.05, 4.69) is 10.2 Å². The number of Topliss-reactive ketones (excluding diaryl/α,β-unsaturated/α-hetero) is 1. The van der Waals surface area contributed by atoms with Crippen molar-refractivity contribution in [2.75, 3.05) is 25.0 Å². The topological polar surface area (TPSA) is 75.4 Å². The fourth-order valence-electron chi connectivity index (χ4n) is 2.43. The molecule has 0 aromatic heterocycles. The molecule has 1 atom stereocenters. The number of rotatable bonds is 4. The lowest BCUT2D eigenvalue weighted by molar-refractivity contribution is -0.117. The van der Waals surface area contributed by atoms with Gasteiger partial charge in [-0.2, -0.15) is 0 Å². The fourth-order valence-corrected chi connectivity index (χ4v) is 2.43. The predicted octanol–water partition coefficient (Wildman–Crippen LogP) is 1.25. The Morgan fingerprint density at radius 1 is 1.35 bits per heavy atom. The third-order valence-corrected chi connectivity index (χ3v) is 3.48. The van der Waals surface area contributed by atoms with Crippen molar-refractivity contribution in [1.29, 1.82) is 0 Å². The standard InChI is InChI=1S/C15H21N3O2/c1-11(19)12-4-6-14(7-5-12)17-15(20)10-18-8-2-3-13(16)9-18/h4-7,13H,2-3,8-10,16H2,1H3,(H,17,20)/t13-/m1/s1. The number of nitrogens with two attached hydrogens (primary N) is 1. The van der Waals surface area contributed by atoms with Gasteiger partial charge in [0.2, 0.25) is 5.91 Å². The van der Waals surface area contributed by atoms with E-state index in [0.717, 1.165) is 25.9 Å². The monoisotopic (exact) mass is 275 g/mol. The number of amides is 1. The molecule has 0 radical (unpaired) electrons. The minimum absolute atomic E-state index is 0.0187. The van der Waals surface area contributed by atoms with E-state index in [4.69, 9.17) is 5.73 Å². The number of ketones is 1. The van der Waals surface area contributed by atoms with E-state index < -0.39 is 0 Å². The summed E-state index contributed by atoms with van der Waals surface area (Å²) in [4.78, 5) is 25.2. The van der Waals surface area contributed by atoms with E-state index in [1.165, 1.54) is 6.92 Å². The van der Waals surface area contributed by atoms with Crippen molar-refractivity contribution in [1.82, 2.24) is 4.90 Å². The predicted molar refractivity (Wildman–Crippen MR) is 78.7 cm³/mol. The lowest BCUT2D eigenvalue weighted by Gasteiger charge is -2.29. The van der Waals surface area contributed by atoms with Crippen LogP contribution < -0.4 is 11.1 Å². The molecule has 1 aromatic carbocycles. The van der Waals surface area contributed by atoms with Crippen LogP contribution in [-0.4, -0.2) is 42.3 Å². The summed E-state index contributed by atoms with van der Waals surface area (Å²) in [6.45, 7) is 3.58. The van der Waals surface area contributed by atoms with Crippen LogP contribution in [0.5, 0.6) is 0 Å². The molecule has 1 amide bonds. The first kappa shape index (κ1) is 14.7. The van der Waals surface area contributed by atoms with E-state index in [0.29, 0.717) is 17.8 Å². The van der Waals surface area contributed by atoms with Crippen LogP contribution in [0.1, 0.15) is 30.1 Å². The highest BCUT2D eigenvalue weighted by Gasteiger charge is 2.18. The molecule has 1 aliphatic rings. The van der Waals surface area contributed by atoms with Crippen LogP contribution in [0, 0.1) is 0 Å². The molecule has 0 aliphatic carbocycles. The highest BCUT2D eigenvalue weighted by atomic mass is 16.2. The first-order chi connectivity index (χ1) is 9.54. The molecule has 0 bridgehead atoms. The van der Waals surface area contributed by atoms with Crippen LogP contribution in [0.3, 0.4) is 0 Å². The number of likely N-dealkylation sites (tertiary alicyclic amines) is 1. The van der Waals surface area contributed by atoms with E-state index >= 15 is 0 Å². The number of carbonyl (C=O) groups excluding carboxylic acids is 2. The van der Waals surface area contributed by atoms with Crippen LogP contribution in [0.4, 0.5) is 5.69 Å². The molecular formula is C15H21N3O2. The number of benzene rings is 1. The Bertz CT molecular complexity index is 484. The zero-order chi connectivity index (χ0) is 14.5. The molecule has 1 heterocycles. The number of piperidine rings is 1. The Morgan fingerprint density at radius 3 is 2.65 bits per heavy atom. The van der Waals surface area contributed by atoms with Gasteiger partial charge in [0.25, 0.3) is 0 Å². The summed E-state index contributed by atoms with van der Waals surface area (Å²) in [5, 5.41) is 2.84. The molecule has 108 valence electrons. The quantitative estimate of drug-likeness (QED) is 0.811. The van der Waals surface area contributed by atoms with Gasteiger partial charge in [-0.15, -0.1) is 0 Å². The highest BCUT2D eigenvalue weighted by molar-refractivity contribution is 5.96. The summed E-state index contributed by atoms with van der Waals surface area (Å²) in [6, 6.07) is 7.10. The van der Waals surface area contributed by atoms with E-state index in [-0.39, 0.29) is 17.7 Å². The molecule has 1 saturated heterocycles. The molecule has 0 saturated carbocycles. The van der Waals surface area contributed by atoms with Gasteiger partial charge in [-0.05, 0) is 50.6 Å². The van der Waals surface area contributed by atoms with Gasteiger partial charge in [0.05, 0.1) is 6.54 Å². The summed E-state index contributed by atoms with van der Waals surface area (Å²) in [5.41, 5.74) is 7.25. The lowest BCUT2D eigenvalue weighted by atomic mass is 10.1. The molecule has 1 fully saturated rings. The van der Waals surface area contributed by atoms with E-state index in [1.54, 1.807) is 24.3 Å². The minimum Gasteiger partial charge on any atom is -0.327 e. The lowest BCUT2D eigenvalue weighted by Crippen LogP contribution is -2.45. The molecule has 3 N–H and O–H groups in total. The minimum atomic E-state index is -0.0466. The Hall–Kier alpha value is -1.72. The van der Waals surface area contributed by atoms with Gasteiger partial charge in [-0.3, -0.25) is 14.5 Å². The van der Waals surface area contributed by atoms with Gasteiger partial charge in [0, 0.05) is 23.8 Å². The van der Waals surface area contributed by atoms with Crippen LogP contribution in [0.15, 0.2) is 24.3 Å². The summed E-state index contributed by atoms with van der Waals surface area (Å²) in [5.74, 6) is -0.0279. The summed E-state index contributed by atoms with van der Waals surface area (Å²) >= 11 is 0. The van der Waals surface area contributed by atoms with Crippen molar-refractivity contribution in [2.24, 2.45) is 5.73 Å². The number of anilines is 1. The van der Waals surface area contributed by atoms with Gasteiger partial charge in [-0.1, -0.05) is 0 Å². The number of carbonyl (C=O) groups is 2. The first-order valence-corrected chi connectivity index (χ1v) is 6.93. The van der Waals surface area contributed by atoms with Gasteiger partial charge in [0.15, 0.2) is 5.78 Å². The van der Waals surface area contributed by atoms with Crippen molar-refractivity contribution in [2.45, 2.75) is 25.8 Å². The average Bonchev–Trinajstić information content (AvgIpc) is 2.39. The maximum Gasteiger partial charge on any atom is 0.238 e. The van der Waals surface area contributed by atoms with E-state index in [9.17, 15) is 9.59 Å². The van der Waals surface area contributed by atoms with Gasteiger partial charge < -0.3 is 11.1 Å². The molecule has 0 unspecified atom stereocenters. The van der Waals surface area contributed by atoms with Crippen LogP contribution in [0.2, 0.25) is 0 Å². The third-order valence-electron chi connectivity index (χ3n) is 3.48. The van der Waals surface area contributed by atoms with Crippen LogP contribution >= 0.6 is 0 Å². The van der Waals surface area contributed by atoms with E-state index in [1.807, 2.05) is 0 Å². The normalized spacial score (nSPS) is 19.6. The summed E-state index contributed by atoms with van der Waals surface area (Å²) in [7, 11) is 0. The Kier molecular flexibility index (Phi) is 4.87. The maximum absolute atomic E-state index is 11.9. The molecule has 5 nitrogen and oxygen atoms in total. The second-order valence-electron chi connectivity index (χ2n) is 5.32. The number of hydrogen-bond acceptors (Lipinski definition) is 4. The summed E-state index contributed by atoms with van der Waals surface area (Å²) in [6.07, 6.45) is 2.08. The SMILES string of the molecule is CC(=O)c1ccc(NC(=O)CN2CCC[C@@H](N)C2)cc1. The zero-order valence-corrected chi connectivity index (χ0v) is 11.8. The molecule has 20 heavy (non-hydrogen) atoms. The van der Waals surface area contributed by atoms with Crippen molar-refractivity contribution < 1.29 is 9.59 Å². The largest absolute Gasteiger partial charge is 0.327 e. The highest BCUT2D eigenvalue weighted by Crippen LogP contribution is 2.11. The van der Waals surface area contributed by atoms with Crippen molar-refractivity contribution >= 4 is 17.4 Å². The van der Waals surface area contributed by atoms with Crippen molar-refractivity contribution in [3.8, 4) is 0 Å². The van der Waals surface area contributed by atoms with Gasteiger partial charge in [0.1, 0.15) is 0 Å². The molecule has 1 aliphatic heterocycles. The van der Waals surface area contributed by atoms with Crippen LogP contribution in [0.25, 0.3) is 0 Å². The zero-order valence-electron chi connectivity index (χ0n) is 11.8. The molecule has 1 aromatic rings. The molecule has 5 heteroatoms. The molecule has 0 spiro atoms. The maximum atomic E-state index is 11.9. The molecule has 2 rings (SSSR count). The fraction of sp³-hybridized carbons (Fsp3) is 0.467. The second-order valence-corrected chi connectivity index (χ2v) is 5.32. The summed E-state index contributed by atoms with van der Waals surface area (Å²) < 4.78 is 0. The second kappa shape index (κ2) is 6.63. The van der Waals surface area contributed by atoms with Crippen molar-refractivity contribution in [3.63, 3.8) is 0 Å². The number of hydrogen-bond donors (Lipinski definition) is 2. The number of nitrogens with zero attached hydrogens (tertiary/aromatic N) is 1. The Labute approximate surface area is 119 Å². The Balaban J connectivity index is 1.86. The van der Waals surface area contributed by atoms with Gasteiger partial charge in [-0.25, -0.2) is 0 Å². The third kappa shape index (κ3) is 4.15. The smallest absolute Gasteiger partial charge is 0.238 e. The molecular weight excluding hydrogens is 254 g/mol. The van der Waals surface area contributed by atoms with Gasteiger partial charge >= 0.3 is 0 Å². The first-order valence-electron chi connectivity index (χ1n) is 6.93.